The predicted octanol–water partition coefficient (Wildman–Crippen LogP) is 3.23. The summed E-state index contributed by atoms with van der Waals surface area (Å²) in [5.74, 6) is -1.16. The first-order valence-electron chi connectivity index (χ1n) is 5.80. The lowest BCUT2D eigenvalue weighted by Crippen LogP contribution is -2.15. The van der Waals surface area contributed by atoms with Crippen molar-refractivity contribution in [2.75, 3.05) is 6.61 Å². The van der Waals surface area contributed by atoms with Crippen molar-refractivity contribution in [1.82, 2.24) is 15.0 Å². The topological polar surface area (TPSA) is 57.0 Å². The monoisotopic (exact) mass is 363 g/mol. The fraction of sp³-hybridized carbons (Fsp3) is 0.250. The standard InChI is InChI=1S/C12H9BrF3N3O2/c1-2-21-11(20)9-10(12(14,15)16)18-19(17-9)8-5-3-7(13)4-6-8/h3-6H,2H2,1H3. The van der Waals surface area contributed by atoms with Gasteiger partial charge < -0.3 is 4.74 Å². The van der Waals surface area contributed by atoms with E-state index in [1.165, 1.54) is 19.1 Å². The molecule has 5 nitrogen and oxygen atoms in total. The molecule has 112 valence electrons. The summed E-state index contributed by atoms with van der Waals surface area (Å²) in [5, 5.41) is 6.94. The van der Waals surface area contributed by atoms with Gasteiger partial charge in [-0.2, -0.15) is 18.0 Å². The average molecular weight is 364 g/mol. The van der Waals surface area contributed by atoms with E-state index in [0.717, 1.165) is 9.27 Å². The number of aromatic nitrogens is 3. The molecule has 0 atom stereocenters. The van der Waals surface area contributed by atoms with Gasteiger partial charge in [-0.05, 0) is 31.2 Å². The normalized spacial score (nSPS) is 11.5. The van der Waals surface area contributed by atoms with Gasteiger partial charge in [0.25, 0.3) is 0 Å². The molecule has 21 heavy (non-hydrogen) atoms. The summed E-state index contributed by atoms with van der Waals surface area (Å²) in [7, 11) is 0. The van der Waals surface area contributed by atoms with Crippen LogP contribution in [0.25, 0.3) is 5.69 Å². The average Bonchev–Trinajstić information content (AvgIpc) is 2.85. The minimum atomic E-state index is -4.80. The Morgan fingerprint density at radius 1 is 1.29 bits per heavy atom. The van der Waals surface area contributed by atoms with Crippen LogP contribution in [0.4, 0.5) is 13.2 Å². The highest BCUT2D eigenvalue weighted by Gasteiger charge is 2.41. The molecule has 0 saturated carbocycles. The van der Waals surface area contributed by atoms with Gasteiger partial charge in [-0.1, -0.05) is 15.9 Å². The SMILES string of the molecule is CCOC(=O)c1nn(-c2ccc(Br)cc2)nc1C(F)(F)F. The van der Waals surface area contributed by atoms with Crippen molar-refractivity contribution < 1.29 is 22.7 Å². The van der Waals surface area contributed by atoms with E-state index in [-0.39, 0.29) is 6.61 Å². The molecule has 0 fully saturated rings. The van der Waals surface area contributed by atoms with Crippen molar-refractivity contribution in [1.29, 1.82) is 0 Å². The summed E-state index contributed by atoms with van der Waals surface area (Å²) in [6.45, 7) is 1.44. The highest BCUT2D eigenvalue weighted by molar-refractivity contribution is 9.10. The lowest BCUT2D eigenvalue weighted by atomic mass is 10.3. The van der Waals surface area contributed by atoms with Crippen LogP contribution < -0.4 is 0 Å². The van der Waals surface area contributed by atoms with Crippen molar-refractivity contribution in [3.05, 3.63) is 40.1 Å². The number of nitrogens with zero attached hydrogens (tertiary/aromatic N) is 3. The molecule has 9 heteroatoms. The summed E-state index contributed by atoms with van der Waals surface area (Å²) < 4.78 is 44.1. The molecule has 0 saturated heterocycles. The fourth-order valence-electron chi connectivity index (χ4n) is 1.52. The van der Waals surface area contributed by atoms with Crippen LogP contribution in [-0.4, -0.2) is 27.6 Å². The second kappa shape index (κ2) is 5.84. The second-order valence-electron chi connectivity index (χ2n) is 3.88. The van der Waals surface area contributed by atoms with E-state index in [9.17, 15) is 18.0 Å². The molecule has 2 aromatic rings. The third-order valence-corrected chi connectivity index (χ3v) is 2.94. The summed E-state index contributed by atoms with van der Waals surface area (Å²) >= 11 is 3.21. The number of benzene rings is 1. The van der Waals surface area contributed by atoms with Crippen molar-refractivity contribution in [3.63, 3.8) is 0 Å². The van der Waals surface area contributed by atoms with E-state index in [1.54, 1.807) is 12.1 Å². The van der Waals surface area contributed by atoms with Crippen LogP contribution >= 0.6 is 15.9 Å². The molecule has 0 aliphatic rings. The highest BCUT2D eigenvalue weighted by atomic mass is 79.9. The largest absolute Gasteiger partial charge is 0.461 e. The molecule has 0 aliphatic carbocycles. The van der Waals surface area contributed by atoms with Crippen LogP contribution in [0.2, 0.25) is 0 Å². The van der Waals surface area contributed by atoms with Crippen LogP contribution in [0.15, 0.2) is 28.7 Å². The number of carbonyl (C=O) groups is 1. The highest BCUT2D eigenvalue weighted by Crippen LogP contribution is 2.30. The first-order chi connectivity index (χ1) is 9.82. The summed E-state index contributed by atoms with van der Waals surface area (Å²) in [5.41, 5.74) is -1.93. The van der Waals surface area contributed by atoms with Gasteiger partial charge >= 0.3 is 12.1 Å². The van der Waals surface area contributed by atoms with Crippen molar-refractivity contribution in [2.45, 2.75) is 13.1 Å². The molecule has 1 heterocycles. The molecular weight excluding hydrogens is 355 g/mol. The number of halogens is 4. The summed E-state index contributed by atoms with van der Waals surface area (Å²) in [6.07, 6.45) is -4.80. The first kappa shape index (κ1) is 15.5. The van der Waals surface area contributed by atoms with Gasteiger partial charge in [-0.3, -0.25) is 0 Å². The van der Waals surface area contributed by atoms with Crippen molar-refractivity contribution in [3.8, 4) is 5.69 Å². The van der Waals surface area contributed by atoms with E-state index in [0.29, 0.717) is 5.69 Å². The number of hydrogen-bond acceptors (Lipinski definition) is 4. The number of carbonyl (C=O) groups excluding carboxylic acids is 1. The molecule has 0 radical (unpaired) electrons. The quantitative estimate of drug-likeness (QED) is 0.785. The minimum absolute atomic E-state index is 0.0543. The zero-order valence-corrected chi connectivity index (χ0v) is 12.3. The lowest BCUT2D eigenvalue weighted by molar-refractivity contribution is -0.141. The van der Waals surface area contributed by atoms with Gasteiger partial charge in [0.15, 0.2) is 0 Å². The third kappa shape index (κ3) is 3.41. The molecule has 0 spiro atoms. The zero-order valence-electron chi connectivity index (χ0n) is 10.7. The van der Waals surface area contributed by atoms with Gasteiger partial charge in [-0.15, -0.1) is 10.2 Å². The number of ether oxygens (including phenoxy) is 1. The van der Waals surface area contributed by atoms with Crippen LogP contribution in [0.3, 0.4) is 0 Å². The first-order valence-corrected chi connectivity index (χ1v) is 6.60. The Morgan fingerprint density at radius 3 is 2.43 bits per heavy atom. The molecule has 0 bridgehead atoms. The van der Waals surface area contributed by atoms with Gasteiger partial charge in [0.2, 0.25) is 11.4 Å². The van der Waals surface area contributed by atoms with E-state index in [4.69, 9.17) is 0 Å². The van der Waals surface area contributed by atoms with E-state index < -0.39 is 23.5 Å². The molecule has 0 N–H and O–H groups in total. The van der Waals surface area contributed by atoms with Gasteiger partial charge in [0.05, 0.1) is 12.3 Å². The maximum Gasteiger partial charge on any atom is 0.437 e. The molecule has 1 aromatic carbocycles. The van der Waals surface area contributed by atoms with Crippen LogP contribution in [0.5, 0.6) is 0 Å². The Bertz CT molecular complexity index is 653. The van der Waals surface area contributed by atoms with E-state index >= 15 is 0 Å². The van der Waals surface area contributed by atoms with Crippen LogP contribution in [0.1, 0.15) is 23.1 Å². The molecule has 2 rings (SSSR count). The third-order valence-electron chi connectivity index (χ3n) is 2.41. The molecule has 0 amide bonds. The van der Waals surface area contributed by atoms with E-state index in [2.05, 4.69) is 30.9 Å². The van der Waals surface area contributed by atoms with Crippen molar-refractivity contribution >= 4 is 21.9 Å². The maximum absolute atomic E-state index is 12.9. The molecule has 0 aliphatic heterocycles. The van der Waals surface area contributed by atoms with Gasteiger partial charge in [-0.25, -0.2) is 4.79 Å². The van der Waals surface area contributed by atoms with Gasteiger partial charge in [0, 0.05) is 4.47 Å². The maximum atomic E-state index is 12.9. The molecular formula is C12H9BrF3N3O2. The number of rotatable bonds is 3. The summed E-state index contributed by atoms with van der Waals surface area (Å²) in [4.78, 5) is 12.3. The summed E-state index contributed by atoms with van der Waals surface area (Å²) in [6, 6.07) is 6.27. The predicted molar refractivity (Wildman–Crippen MR) is 70.0 cm³/mol. The van der Waals surface area contributed by atoms with Gasteiger partial charge in [0.1, 0.15) is 0 Å². The second-order valence-corrected chi connectivity index (χ2v) is 4.80. The Labute approximate surface area is 125 Å². The number of alkyl halides is 3. The number of hydrogen-bond donors (Lipinski definition) is 0. The lowest BCUT2D eigenvalue weighted by Gasteiger charge is -2.03. The van der Waals surface area contributed by atoms with E-state index in [1.807, 2.05) is 0 Å². The Balaban J connectivity index is 2.50. The molecule has 1 aromatic heterocycles. The number of esters is 1. The Morgan fingerprint density at radius 2 is 1.90 bits per heavy atom. The van der Waals surface area contributed by atoms with Crippen LogP contribution in [-0.2, 0) is 10.9 Å². The minimum Gasteiger partial charge on any atom is -0.461 e. The Kier molecular flexibility index (Phi) is 4.31. The van der Waals surface area contributed by atoms with Crippen molar-refractivity contribution in [2.24, 2.45) is 0 Å². The smallest absolute Gasteiger partial charge is 0.437 e. The fourth-order valence-corrected chi connectivity index (χ4v) is 1.79. The zero-order chi connectivity index (χ0) is 15.6. The molecule has 0 unspecified atom stereocenters. The Hall–Kier alpha value is -1.90. The van der Waals surface area contributed by atoms with Crippen LogP contribution in [0, 0.1) is 0 Å².